The number of aromatic nitrogens is 3. The maximum Gasteiger partial charge on any atom is 0.344 e. The zero-order valence-electron chi connectivity index (χ0n) is 19.4. The predicted octanol–water partition coefficient (Wildman–Crippen LogP) is 2.51. The molecular weight excluding hydrogens is 460 g/mol. The normalized spacial score (nSPS) is 11.0. The molecule has 0 spiro atoms. The molecule has 0 amide bonds. The summed E-state index contributed by atoms with van der Waals surface area (Å²) in [6, 6.07) is 3.06. The lowest BCUT2D eigenvalue weighted by Crippen LogP contribution is -2.19. The van der Waals surface area contributed by atoms with E-state index in [0.29, 0.717) is 17.0 Å². The maximum atomic E-state index is 12.9. The first-order valence-corrected chi connectivity index (χ1v) is 10.5. The Hall–Kier alpha value is -4.61. The molecule has 4 aromatic rings. The van der Waals surface area contributed by atoms with E-state index < -0.39 is 24.0 Å². The summed E-state index contributed by atoms with van der Waals surface area (Å²) in [5.41, 5.74) is 5.89. The minimum Gasteiger partial charge on any atom is -0.493 e. The number of ether oxygens (including phenoxy) is 4. The van der Waals surface area contributed by atoms with Crippen molar-refractivity contribution < 1.29 is 33.0 Å². The van der Waals surface area contributed by atoms with Crippen molar-refractivity contribution in [2.24, 2.45) is 0 Å². The average molecular weight is 482 g/mol. The van der Waals surface area contributed by atoms with Crippen molar-refractivity contribution >= 4 is 39.8 Å². The third-order valence-corrected chi connectivity index (χ3v) is 5.22. The van der Waals surface area contributed by atoms with E-state index in [0.717, 1.165) is 0 Å². The van der Waals surface area contributed by atoms with Crippen LogP contribution in [0.5, 0.6) is 11.5 Å². The topological polar surface area (TPSA) is 169 Å². The minimum absolute atomic E-state index is 0.0242. The quantitative estimate of drug-likeness (QED) is 0.371. The average Bonchev–Trinajstić information content (AvgIpc) is 3.18. The molecule has 12 heteroatoms. The number of rotatable bonds is 7. The Kier molecular flexibility index (Phi) is 6.28. The van der Waals surface area contributed by atoms with Crippen LogP contribution in [0.15, 0.2) is 27.5 Å². The number of benzene rings is 1. The number of methoxy groups -OCH3 is 2. The van der Waals surface area contributed by atoms with Gasteiger partial charge in [0.15, 0.2) is 23.9 Å². The molecule has 0 fully saturated rings. The van der Waals surface area contributed by atoms with Gasteiger partial charge >= 0.3 is 11.9 Å². The van der Waals surface area contributed by atoms with Crippen LogP contribution in [0.25, 0.3) is 22.0 Å². The summed E-state index contributed by atoms with van der Waals surface area (Å²) in [7, 11) is 2.91. The first-order valence-electron chi connectivity index (χ1n) is 10.5. The molecule has 0 atom stereocenters. The lowest BCUT2D eigenvalue weighted by Gasteiger charge is -2.10. The van der Waals surface area contributed by atoms with Gasteiger partial charge in [0.05, 0.1) is 37.1 Å². The van der Waals surface area contributed by atoms with E-state index >= 15 is 0 Å². The molecule has 4 rings (SSSR count). The number of nitrogen functional groups attached to an aromatic ring is 1. The molecule has 0 aliphatic heterocycles. The van der Waals surface area contributed by atoms with Gasteiger partial charge < -0.3 is 34.1 Å². The van der Waals surface area contributed by atoms with Crippen molar-refractivity contribution in [3.05, 3.63) is 51.3 Å². The number of hydrogen-bond donors (Lipinski definition) is 2. The summed E-state index contributed by atoms with van der Waals surface area (Å²) in [6.45, 7) is 3.03. The molecule has 3 aromatic heterocycles. The second kappa shape index (κ2) is 9.33. The van der Waals surface area contributed by atoms with E-state index in [1.807, 2.05) is 0 Å². The molecule has 0 aliphatic rings. The zero-order valence-corrected chi connectivity index (χ0v) is 19.4. The molecule has 0 aliphatic carbocycles. The van der Waals surface area contributed by atoms with Gasteiger partial charge in [0.1, 0.15) is 22.7 Å². The number of aromatic amines is 1. The molecular formula is C23H22N4O8. The van der Waals surface area contributed by atoms with Crippen LogP contribution in [0.1, 0.15) is 39.2 Å². The molecule has 0 saturated carbocycles. The predicted molar refractivity (Wildman–Crippen MR) is 124 cm³/mol. The van der Waals surface area contributed by atoms with E-state index in [2.05, 4.69) is 15.0 Å². The first kappa shape index (κ1) is 23.5. The summed E-state index contributed by atoms with van der Waals surface area (Å²) in [4.78, 5) is 49.0. The van der Waals surface area contributed by atoms with Crippen LogP contribution in [0, 0.1) is 6.92 Å². The van der Waals surface area contributed by atoms with Gasteiger partial charge in [-0.3, -0.25) is 4.79 Å². The Morgan fingerprint density at radius 1 is 1.09 bits per heavy atom. The van der Waals surface area contributed by atoms with Crippen LogP contribution >= 0.6 is 0 Å². The number of pyridine rings is 1. The van der Waals surface area contributed by atoms with Gasteiger partial charge in [0.2, 0.25) is 11.1 Å². The molecule has 0 unspecified atom stereocenters. The number of anilines is 1. The molecule has 0 radical (unpaired) electrons. The number of aryl methyl sites for hydroxylation is 1. The minimum atomic E-state index is -0.895. The number of fused-ring (bicyclic) bond motifs is 2. The highest BCUT2D eigenvalue weighted by atomic mass is 16.5. The third kappa shape index (κ3) is 4.21. The van der Waals surface area contributed by atoms with Gasteiger partial charge in [0.25, 0.3) is 0 Å². The Labute approximate surface area is 198 Å². The number of hydrogen-bond acceptors (Lipinski definition) is 11. The number of furan rings is 1. The van der Waals surface area contributed by atoms with Crippen molar-refractivity contribution in [2.75, 3.05) is 26.6 Å². The fourth-order valence-electron chi connectivity index (χ4n) is 3.60. The molecule has 35 heavy (non-hydrogen) atoms. The van der Waals surface area contributed by atoms with Crippen LogP contribution in [-0.2, 0) is 16.1 Å². The Morgan fingerprint density at radius 2 is 1.80 bits per heavy atom. The standard InChI is InChI=1S/C23H22N4O8/c1-5-33-23(30)17-10(2)35-21-18(17)20(24)26-16(27-21)9-34-22(29)12-8-25-13-7-15(32-4)14(31-3)6-11(13)19(12)28/h6-8H,5,9H2,1-4H3,(H,25,28)(H2,24,26,27). The number of H-pyrrole nitrogens is 1. The Balaban J connectivity index is 1.61. The summed E-state index contributed by atoms with van der Waals surface area (Å²) < 4.78 is 26.3. The first-order chi connectivity index (χ1) is 16.8. The second-order valence-corrected chi connectivity index (χ2v) is 7.32. The van der Waals surface area contributed by atoms with E-state index in [4.69, 9.17) is 29.1 Å². The van der Waals surface area contributed by atoms with Gasteiger partial charge in [-0.25, -0.2) is 14.6 Å². The van der Waals surface area contributed by atoms with Gasteiger partial charge in [-0.1, -0.05) is 0 Å². The highest BCUT2D eigenvalue weighted by molar-refractivity contribution is 6.07. The lowest BCUT2D eigenvalue weighted by molar-refractivity contribution is 0.0459. The summed E-state index contributed by atoms with van der Waals surface area (Å²) in [6.07, 6.45) is 1.25. The van der Waals surface area contributed by atoms with Gasteiger partial charge in [-0.05, 0) is 19.9 Å². The highest BCUT2D eigenvalue weighted by Gasteiger charge is 2.24. The van der Waals surface area contributed by atoms with Crippen molar-refractivity contribution in [3.63, 3.8) is 0 Å². The number of nitrogens with two attached hydrogens (primary N) is 1. The van der Waals surface area contributed by atoms with Crippen LogP contribution in [0.4, 0.5) is 5.82 Å². The number of carbonyl (C=O) groups excluding carboxylic acids is 2. The summed E-state index contributed by atoms with van der Waals surface area (Å²) >= 11 is 0. The number of esters is 2. The van der Waals surface area contributed by atoms with Gasteiger partial charge in [-0.15, -0.1) is 0 Å². The van der Waals surface area contributed by atoms with Crippen molar-refractivity contribution in [3.8, 4) is 11.5 Å². The van der Waals surface area contributed by atoms with Gasteiger partial charge in [0, 0.05) is 12.3 Å². The number of nitrogens with one attached hydrogen (secondary N) is 1. The van der Waals surface area contributed by atoms with Crippen LogP contribution in [-0.4, -0.2) is 47.7 Å². The molecule has 3 N–H and O–H groups in total. The van der Waals surface area contributed by atoms with Crippen LogP contribution < -0.4 is 20.6 Å². The summed E-state index contributed by atoms with van der Waals surface area (Å²) in [5.74, 6) is -0.486. The Bertz CT molecular complexity index is 1520. The zero-order chi connectivity index (χ0) is 25.3. The molecule has 3 heterocycles. The van der Waals surface area contributed by atoms with Crippen LogP contribution in [0.3, 0.4) is 0 Å². The summed E-state index contributed by atoms with van der Waals surface area (Å²) in [5, 5.41) is 0.433. The van der Waals surface area contributed by atoms with Crippen molar-refractivity contribution in [1.29, 1.82) is 0 Å². The van der Waals surface area contributed by atoms with E-state index in [1.165, 1.54) is 26.5 Å². The van der Waals surface area contributed by atoms with Gasteiger partial charge in [-0.2, -0.15) is 4.98 Å². The van der Waals surface area contributed by atoms with E-state index in [1.54, 1.807) is 19.9 Å². The SMILES string of the molecule is CCOC(=O)c1c(C)oc2nc(COC(=O)c3c[nH]c4cc(OC)c(OC)cc4c3=O)nc(N)c12. The molecule has 12 nitrogen and oxygen atoms in total. The molecule has 1 aromatic carbocycles. The maximum absolute atomic E-state index is 12.9. The molecule has 0 bridgehead atoms. The molecule has 0 saturated heterocycles. The number of carbonyl (C=O) groups is 2. The largest absolute Gasteiger partial charge is 0.493 e. The van der Waals surface area contributed by atoms with Crippen molar-refractivity contribution in [2.45, 2.75) is 20.5 Å². The lowest BCUT2D eigenvalue weighted by atomic mass is 10.1. The number of nitrogens with zero attached hydrogens (tertiary/aromatic N) is 2. The van der Waals surface area contributed by atoms with Crippen LogP contribution in [0.2, 0.25) is 0 Å². The van der Waals surface area contributed by atoms with E-state index in [-0.39, 0.29) is 51.6 Å². The molecule has 182 valence electrons. The Morgan fingerprint density at radius 3 is 2.49 bits per heavy atom. The third-order valence-electron chi connectivity index (χ3n) is 5.22. The second-order valence-electron chi connectivity index (χ2n) is 7.32. The highest BCUT2D eigenvalue weighted by Crippen LogP contribution is 2.31. The van der Waals surface area contributed by atoms with E-state index in [9.17, 15) is 14.4 Å². The fourth-order valence-corrected chi connectivity index (χ4v) is 3.60. The monoisotopic (exact) mass is 482 g/mol. The smallest absolute Gasteiger partial charge is 0.344 e. The fraction of sp³-hybridized carbons (Fsp3) is 0.261. The van der Waals surface area contributed by atoms with Crippen molar-refractivity contribution in [1.82, 2.24) is 15.0 Å².